The van der Waals surface area contributed by atoms with Gasteiger partial charge < -0.3 is 25.5 Å². The van der Waals surface area contributed by atoms with Gasteiger partial charge in [0.2, 0.25) is 11.9 Å². The fourth-order valence-electron chi connectivity index (χ4n) is 4.03. The zero-order valence-electron chi connectivity index (χ0n) is 18.3. The van der Waals surface area contributed by atoms with Gasteiger partial charge in [-0.1, -0.05) is 0 Å². The number of ether oxygens (including phenoxy) is 1. The van der Waals surface area contributed by atoms with Crippen molar-refractivity contribution >= 4 is 34.9 Å². The Balaban J connectivity index is 1.71. The van der Waals surface area contributed by atoms with Gasteiger partial charge in [-0.05, 0) is 44.9 Å². The second-order valence-corrected chi connectivity index (χ2v) is 7.79. The molecule has 5 N–H and O–H groups in total. The summed E-state index contributed by atoms with van der Waals surface area (Å²) >= 11 is 0. The lowest BCUT2D eigenvalue weighted by molar-refractivity contribution is 0.0995. The van der Waals surface area contributed by atoms with Crippen molar-refractivity contribution in [1.82, 2.24) is 24.6 Å². The number of nitrogens with one attached hydrogen (secondary N) is 2. The fourth-order valence-corrected chi connectivity index (χ4v) is 4.03. The maximum atomic E-state index is 13.1. The first-order chi connectivity index (χ1) is 15.8. The Labute approximate surface area is 188 Å². The van der Waals surface area contributed by atoms with Crippen LogP contribution in [0, 0.1) is 6.92 Å². The van der Waals surface area contributed by atoms with Gasteiger partial charge in [0.1, 0.15) is 23.6 Å². The Morgan fingerprint density at radius 1 is 1.30 bits per heavy atom. The lowest BCUT2D eigenvalue weighted by Crippen LogP contribution is -2.28. The smallest absolute Gasteiger partial charge is 0.404 e. The number of benzene rings is 1. The molecule has 0 fully saturated rings. The molecule has 1 unspecified atom stereocenters. The van der Waals surface area contributed by atoms with Crippen LogP contribution < -0.4 is 21.1 Å². The molecule has 3 amide bonds. The minimum Gasteiger partial charge on any atom is -0.489 e. The summed E-state index contributed by atoms with van der Waals surface area (Å²) in [5.41, 5.74) is 7.93. The van der Waals surface area contributed by atoms with Gasteiger partial charge in [-0.3, -0.25) is 19.6 Å². The first-order valence-corrected chi connectivity index (χ1v) is 10.6. The van der Waals surface area contributed by atoms with E-state index in [0.29, 0.717) is 47.8 Å². The number of aromatic nitrogens is 4. The van der Waals surface area contributed by atoms with E-state index in [0.717, 1.165) is 5.69 Å². The Hall–Kier alpha value is -4.09. The third-order valence-corrected chi connectivity index (χ3v) is 5.48. The monoisotopic (exact) mass is 455 g/mol. The molecule has 1 atom stereocenters. The van der Waals surface area contributed by atoms with Crippen LogP contribution in [0.15, 0.2) is 18.2 Å². The maximum absolute atomic E-state index is 13.1. The fraction of sp³-hybridized carbons (Fsp3) is 0.381. The second kappa shape index (κ2) is 8.81. The molecule has 33 heavy (non-hydrogen) atoms. The van der Waals surface area contributed by atoms with Gasteiger partial charge in [-0.2, -0.15) is 5.10 Å². The van der Waals surface area contributed by atoms with Crippen molar-refractivity contribution in [2.45, 2.75) is 39.3 Å². The normalized spacial score (nSPS) is 14.7. The molecule has 0 saturated carbocycles. The summed E-state index contributed by atoms with van der Waals surface area (Å²) < 4.78 is 9.37. The van der Waals surface area contributed by atoms with E-state index in [4.69, 9.17) is 15.6 Å². The van der Waals surface area contributed by atoms with E-state index < -0.39 is 12.0 Å². The average molecular weight is 455 g/mol. The predicted molar refractivity (Wildman–Crippen MR) is 119 cm³/mol. The highest BCUT2D eigenvalue weighted by atomic mass is 16.5. The summed E-state index contributed by atoms with van der Waals surface area (Å²) in [7, 11) is 0. The van der Waals surface area contributed by atoms with Crippen molar-refractivity contribution in [3.63, 3.8) is 0 Å². The zero-order valence-corrected chi connectivity index (χ0v) is 18.3. The molecule has 2 aromatic heterocycles. The first-order valence-electron chi connectivity index (χ1n) is 10.6. The van der Waals surface area contributed by atoms with Crippen LogP contribution in [-0.2, 0) is 6.54 Å². The van der Waals surface area contributed by atoms with Crippen LogP contribution in [0.2, 0.25) is 0 Å². The van der Waals surface area contributed by atoms with E-state index in [1.165, 1.54) is 0 Å². The molecule has 0 bridgehead atoms. The molecule has 0 spiro atoms. The van der Waals surface area contributed by atoms with Crippen molar-refractivity contribution in [2.24, 2.45) is 5.73 Å². The minimum atomic E-state index is -1.08. The van der Waals surface area contributed by atoms with Crippen molar-refractivity contribution in [2.75, 3.05) is 18.5 Å². The third-order valence-electron chi connectivity index (χ3n) is 5.48. The maximum Gasteiger partial charge on any atom is 0.404 e. The minimum absolute atomic E-state index is 0.203. The topological polar surface area (TPSA) is 166 Å². The lowest BCUT2D eigenvalue weighted by atomic mass is 10.1. The van der Waals surface area contributed by atoms with Crippen LogP contribution in [0.5, 0.6) is 5.75 Å². The second-order valence-electron chi connectivity index (χ2n) is 7.79. The summed E-state index contributed by atoms with van der Waals surface area (Å²) in [5, 5.41) is 18.3. The van der Waals surface area contributed by atoms with E-state index in [1.807, 2.05) is 18.4 Å². The number of hydrogen-bond acceptors (Lipinski definition) is 6. The first kappa shape index (κ1) is 22.1. The van der Waals surface area contributed by atoms with Crippen LogP contribution in [0.3, 0.4) is 0 Å². The number of nitrogens with two attached hydrogens (primary N) is 1. The summed E-state index contributed by atoms with van der Waals surface area (Å²) in [6.45, 7) is 4.79. The van der Waals surface area contributed by atoms with Crippen LogP contribution in [0.1, 0.15) is 52.3 Å². The van der Waals surface area contributed by atoms with Gasteiger partial charge in [0.15, 0.2) is 0 Å². The van der Waals surface area contributed by atoms with E-state index in [9.17, 15) is 14.4 Å². The van der Waals surface area contributed by atoms with Crippen LogP contribution in [0.4, 0.5) is 10.7 Å². The number of nitrogens with zero attached hydrogens (tertiary/aromatic N) is 4. The number of anilines is 1. The predicted octanol–water partition coefficient (Wildman–Crippen LogP) is 1.89. The lowest BCUT2D eigenvalue weighted by Gasteiger charge is -2.27. The molecular weight excluding hydrogens is 430 g/mol. The van der Waals surface area contributed by atoms with Gasteiger partial charge >= 0.3 is 6.09 Å². The molecule has 174 valence electrons. The van der Waals surface area contributed by atoms with E-state index in [2.05, 4.69) is 20.7 Å². The number of hydrogen-bond donors (Lipinski definition) is 4. The number of rotatable bonds is 8. The van der Waals surface area contributed by atoms with Crippen LogP contribution in [0.25, 0.3) is 11.0 Å². The van der Waals surface area contributed by atoms with Crippen LogP contribution in [-0.4, -0.2) is 55.5 Å². The zero-order chi connectivity index (χ0) is 23.7. The molecule has 1 aliphatic rings. The number of carbonyl (C=O) groups excluding carboxylic acids is 2. The average Bonchev–Trinajstić information content (AvgIpc) is 3.33. The number of carboxylic acid groups (broad SMARTS) is 1. The molecule has 12 heteroatoms. The molecule has 3 heterocycles. The van der Waals surface area contributed by atoms with Gasteiger partial charge in [0, 0.05) is 18.7 Å². The van der Waals surface area contributed by atoms with Crippen molar-refractivity contribution < 1.29 is 24.2 Å². The summed E-state index contributed by atoms with van der Waals surface area (Å²) in [4.78, 5) is 40.1. The number of aryl methyl sites for hydroxylation is 2. The molecule has 0 saturated heterocycles. The number of amides is 3. The standard InChI is InChI=1S/C21H25N7O5/c1-3-27-15(7-11(2)26-27)19(30)25-20-24-14-8-12(18(22)29)9-16-17(14)28(20)13(10-33-16)5-4-6-23-21(31)32/h7-9,13,23H,3-6,10H2,1-2H3,(H2,22,29)(H,31,32)(H,24,25,30). The van der Waals surface area contributed by atoms with Crippen LogP contribution >= 0.6 is 0 Å². The molecule has 1 aliphatic heterocycles. The van der Waals surface area contributed by atoms with Crippen molar-refractivity contribution in [3.8, 4) is 5.75 Å². The Bertz CT molecular complexity index is 1250. The van der Waals surface area contributed by atoms with E-state index >= 15 is 0 Å². The van der Waals surface area contributed by atoms with E-state index in [-0.39, 0.29) is 30.7 Å². The molecule has 0 aliphatic carbocycles. The molecule has 4 rings (SSSR count). The summed E-state index contributed by atoms with van der Waals surface area (Å²) in [6.07, 6.45) is 0.0571. The molecular formula is C21H25N7O5. The molecule has 0 radical (unpaired) electrons. The van der Waals surface area contributed by atoms with Gasteiger partial charge in [-0.25, -0.2) is 9.78 Å². The largest absolute Gasteiger partial charge is 0.489 e. The van der Waals surface area contributed by atoms with Crippen molar-refractivity contribution in [3.05, 3.63) is 35.2 Å². The Kier molecular flexibility index (Phi) is 5.90. The third kappa shape index (κ3) is 4.31. The highest BCUT2D eigenvalue weighted by molar-refractivity contribution is 6.04. The number of primary amides is 1. The SMILES string of the molecule is CCn1nc(C)cc1C(=O)Nc1nc2cc(C(N)=O)cc3c2n1C(CCCNC(=O)O)CO3. The molecule has 1 aromatic carbocycles. The molecule has 12 nitrogen and oxygen atoms in total. The number of carbonyl (C=O) groups is 3. The Morgan fingerprint density at radius 3 is 2.79 bits per heavy atom. The van der Waals surface area contributed by atoms with Gasteiger partial charge in [0.05, 0.1) is 17.3 Å². The Morgan fingerprint density at radius 2 is 2.09 bits per heavy atom. The quantitative estimate of drug-likeness (QED) is 0.376. The van der Waals surface area contributed by atoms with Gasteiger partial charge in [-0.15, -0.1) is 0 Å². The van der Waals surface area contributed by atoms with E-state index in [1.54, 1.807) is 22.9 Å². The van der Waals surface area contributed by atoms with Gasteiger partial charge in [0.25, 0.3) is 5.91 Å². The van der Waals surface area contributed by atoms with Crippen molar-refractivity contribution in [1.29, 1.82) is 0 Å². The number of imidazole rings is 1. The molecule has 3 aromatic rings. The highest BCUT2D eigenvalue weighted by Crippen LogP contribution is 2.38. The highest BCUT2D eigenvalue weighted by Gasteiger charge is 2.29. The summed E-state index contributed by atoms with van der Waals surface area (Å²) in [6, 6.07) is 4.62. The summed E-state index contributed by atoms with van der Waals surface area (Å²) in [5.74, 6) is -0.220.